The van der Waals surface area contributed by atoms with Gasteiger partial charge >= 0.3 is 0 Å². The Morgan fingerprint density at radius 1 is 1.41 bits per heavy atom. The third-order valence-electron chi connectivity index (χ3n) is 3.80. The lowest BCUT2D eigenvalue weighted by atomic mass is 9.99. The zero-order valence-electron chi connectivity index (χ0n) is 9.72. The topological polar surface area (TPSA) is 73.9 Å². The van der Waals surface area contributed by atoms with Gasteiger partial charge in [0.15, 0.2) is 0 Å². The van der Waals surface area contributed by atoms with Crippen molar-refractivity contribution >= 4 is 5.91 Å². The summed E-state index contributed by atoms with van der Waals surface area (Å²) in [5.41, 5.74) is 0. The van der Waals surface area contributed by atoms with Gasteiger partial charge in [-0.1, -0.05) is 6.42 Å². The molecule has 1 aromatic heterocycles. The van der Waals surface area contributed by atoms with Crippen molar-refractivity contribution in [2.24, 2.45) is 0 Å². The standard InChI is InChI=1S/C11H17N5O/c17-11(10-12-7-13-15-10)14-8-4-6-16-5-2-1-3-9(8)16/h7-9H,1-6H2,(H,14,17)(H,12,13,15). The number of H-pyrrole nitrogens is 1. The van der Waals surface area contributed by atoms with Gasteiger partial charge in [0.25, 0.3) is 5.91 Å². The Morgan fingerprint density at radius 2 is 2.35 bits per heavy atom. The van der Waals surface area contributed by atoms with Gasteiger partial charge in [-0.3, -0.25) is 14.8 Å². The largest absolute Gasteiger partial charge is 0.345 e. The van der Waals surface area contributed by atoms with Crippen LogP contribution in [0.2, 0.25) is 0 Å². The highest BCUT2D eigenvalue weighted by Crippen LogP contribution is 2.27. The molecule has 0 aromatic carbocycles. The van der Waals surface area contributed by atoms with Gasteiger partial charge in [0.1, 0.15) is 6.33 Å². The summed E-state index contributed by atoms with van der Waals surface area (Å²) in [4.78, 5) is 18.2. The van der Waals surface area contributed by atoms with Crippen molar-refractivity contribution < 1.29 is 4.79 Å². The van der Waals surface area contributed by atoms with Crippen molar-refractivity contribution in [3.05, 3.63) is 12.2 Å². The molecule has 92 valence electrons. The molecule has 6 nitrogen and oxygen atoms in total. The number of hydrogen-bond acceptors (Lipinski definition) is 4. The minimum Gasteiger partial charge on any atom is -0.345 e. The van der Waals surface area contributed by atoms with E-state index < -0.39 is 0 Å². The Labute approximate surface area is 99.8 Å². The van der Waals surface area contributed by atoms with E-state index in [4.69, 9.17) is 0 Å². The lowest BCUT2D eigenvalue weighted by molar-refractivity contribution is 0.0905. The van der Waals surface area contributed by atoms with Crippen LogP contribution in [0.4, 0.5) is 0 Å². The van der Waals surface area contributed by atoms with E-state index in [0.29, 0.717) is 11.9 Å². The van der Waals surface area contributed by atoms with Gasteiger partial charge in [-0.05, 0) is 25.8 Å². The molecule has 2 unspecified atom stereocenters. The van der Waals surface area contributed by atoms with Gasteiger partial charge in [-0.25, -0.2) is 4.98 Å². The summed E-state index contributed by atoms with van der Waals surface area (Å²) in [5, 5.41) is 9.35. The molecule has 2 N–H and O–H groups in total. The minimum absolute atomic E-state index is 0.139. The third kappa shape index (κ3) is 2.04. The van der Waals surface area contributed by atoms with Crippen LogP contribution in [0.5, 0.6) is 0 Å². The molecule has 0 aliphatic carbocycles. The summed E-state index contributed by atoms with van der Waals surface area (Å²) in [6.07, 6.45) is 6.16. The summed E-state index contributed by atoms with van der Waals surface area (Å²) >= 11 is 0. The quantitative estimate of drug-likeness (QED) is 0.766. The average Bonchev–Trinajstić information content (AvgIpc) is 2.98. The summed E-state index contributed by atoms with van der Waals surface area (Å²) in [6.45, 7) is 2.28. The van der Waals surface area contributed by atoms with E-state index in [1.54, 1.807) is 0 Å². The molecule has 0 spiro atoms. The molecular weight excluding hydrogens is 218 g/mol. The Morgan fingerprint density at radius 3 is 3.18 bits per heavy atom. The lowest BCUT2D eigenvalue weighted by Gasteiger charge is -2.32. The summed E-state index contributed by atoms with van der Waals surface area (Å²) in [5.74, 6) is 0.166. The third-order valence-corrected chi connectivity index (χ3v) is 3.80. The number of hydrogen-bond donors (Lipinski definition) is 2. The fraction of sp³-hybridized carbons (Fsp3) is 0.727. The monoisotopic (exact) mass is 235 g/mol. The fourth-order valence-electron chi connectivity index (χ4n) is 2.97. The number of aromatic amines is 1. The predicted molar refractivity (Wildman–Crippen MR) is 61.5 cm³/mol. The Hall–Kier alpha value is -1.43. The van der Waals surface area contributed by atoms with E-state index in [0.717, 1.165) is 13.0 Å². The predicted octanol–water partition coefficient (Wildman–Crippen LogP) is 0.161. The van der Waals surface area contributed by atoms with Gasteiger partial charge in [0, 0.05) is 18.6 Å². The zero-order chi connectivity index (χ0) is 11.7. The van der Waals surface area contributed by atoms with Crippen molar-refractivity contribution in [1.29, 1.82) is 0 Å². The van der Waals surface area contributed by atoms with Gasteiger partial charge in [0.2, 0.25) is 5.82 Å². The maximum absolute atomic E-state index is 11.9. The molecule has 2 aliphatic heterocycles. The van der Waals surface area contributed by atoms with Crippen LogP contribution < -0.4 is 5.32 Å². The smallest absolute Gasteiger partial charge is 0.288 e. The van der Waals surface area contributed by atoms with Crippen molar-refractivity contribution in [1.82, 2.24) is 25.4 Å². The Balaban J connectivity index is 1.64. The fourth-order valence-corrected chi connectivity index (χ4v) is 2.97. The van der Waals surface area contributed by atoms with Gasteiger partial charge in [-0.15, -0.1) is 0 Å². The SMILES string of the molecule is O=C(NC1CCN2CCCCC12)c1ncn[nH]1. The molecule has 3 heterocycles. The lowest BCUT2D eigenvalue weighted by Crippen LogP contribution is -2.47. The maximum Gasteiger partial charge on any atom is 0.288 e. The number of nitrogens with one attached hydrogen (secondary N) is 2. The van der Waals surface area contributed by atoms with E-state index >= 15 is 0 Å². The second-order valence-electron chi connectivity index (χ2n) is 4.80. The number of carbonyl (C=O) groups excluding carboxylic acids is 1. The van der Waals surface area contributed by atoms with Gasteiger partial charge < -0.3 is 5.32 Å². The summed E-state index contributed by atoms with van der Waals surface area (Å²) in [6, 6.07) is 0.795. The molecule has 2 saturated heterocycles. The van der Waals surface area contributed by atoms with Crippen molar-refractivity contribution in [2.45, 2.75) is 37.8 Å². The van der Waals surface area contributed by atoms with Crippen LogP contribution in [0, 0.1) is 0 Å². The van der Waals surface area contributed by atoms with E-state index in [1.807, 2.05) is 0 Å². The van der Waals surface area contributed by atoms with Crippen LogP contribution in [0.25, 0.3) is 0 Å². The first-order valence-electron chi connectivity index (χ1n) is 6.25. The normalized spacial score (nSPS) is 28.9. The van der Waals surface area contributed by atoms with Gasteiger partial charge in [0.05, 0.1) is 0 Å². The second kappa shape index (κ2) is 4.44. The van der Waals surface area contributed by atoms with Crippen molar-refractivity contribution in [3.8, 4) is 0 Å². The molecule has 2 atom stereocenters. The number of aromatic nitrogens is 3. The molecule has 17 heavy (non-hydrogen) atoms. The minimum atomic E-state index is -0.139. The molecule has 0 bridgehead atoms. The van der Waals surface area contributed by atoms with Crippen LogP contribution in [-0.4, -0.2) is 51.2 Å². The number of fused-ring (bicyclic) bond motifs is 1. The first kappa shape index (κ1) is 10.7. The van der Waals surface area contributed by atoms with Crippen LogP contribution in [0.15, 0.2) is 6.33 Å². The van der Waals surface area contributed by atoms with Crippen LogP contribution in [-0.2, 0) is 0 Å². The Bertz CT molecular complexity index is 391. The molecule has 1 aromatic rings. The highest BCUT2D eigenvalue weighted by Gasteiger charge is 2.36. The number of amides is 1. The molecule has 3 rings (SSSR count). The summed E-state index contributed by atoms with van der Waals surface area (Å²) < 4.78 is 0. The van der Waals surface area contributed by atoms with Crippen molar-refractivity contribution in [2.75, 3.05) is 13.1 Å². The number of nitrogens with zero attached hydrogens (tertiary/aromatic N) is 3. The first-order chi connectivity index (χ1) is 8.34. The second-order valence-corrected chi connectivity index (χ2v) is 4.80. The Kier molecular flexibility index (Phi) is 2.80. The van der Waals surface area contributed by atoms with Crippen LogP contribution in [0.1, 0.15) is 36.3 Å². The van der Waals surface area contributed by atoms with Gasteiger partial charge in [-0.2, -0.15) is 5.10 Å². The zero-order valence-corrected chi connectivity index (χ0v) is 9.72. The van der Waals surface area contributed by atoms with Crippen molar-refractivity contribution in [3.63, 3.8) is 0 Å². The molecular formula is C11H17N5O. The molecule has 0 radical (unpaired) electrons. The van der Waals surface area contributed by atoms with Crippen LogP contribution >= 0.6 is 0 Å². The average molecular weight is 235 g/mol. The number of carbonyl (C=O) groups is 1. The molecule has 0 saturated carbocycles. The number of piperidine rings is 1. The molecule has 2 aliphatic rings. The number of rotatable bonds is 2. The van der Waals surface area contributed by atoms with E-state index in [-0.39, 0.29) is 11.9 Å². The molecule has 2 fully saturated rings. The highest BCUT2D eigenvalue weighted by atomic mass is 16.2. The highest BCUT2D eigenvalue weighted by molar-refractivity contribution is 5.90. The van der Waals surface area contributed by atoms with E-state index in [2.05, 4.69) is 25.4 Å². The summed E-state index contributed by atoms with van der Waals surface area (Å²) in [7, 11) is 0. The molecule has 6 heteroatoms. The first-order valence-corrected chi connectivity index (χ1v) is 6.25. The maximum atomic E-state index is 11.9. The van der Waals surface area contributed by atoms with E-state index in [9.17, 15) is 4.79 Å². The van der Waals surface area contributed by atoms with E-state index in [1.165, 1.54) is 32.1 Å². The van der Waals surface area contributed by atoms with Crippen LogP contribution in [0.3, 0.4) is 0 Å². The molecule has 1 amide bonds.